The smallest absolute Gasteiger partial charge is 0.261 e. The Labute approximate surface area is 162 Å². The van der Waals surface area contributed by atoms with Gasteiger partial charge in [0.05, 0.1) is 16.9 Å². The molecule has 1 heterocycles. The van der Waals surface area contributed by atoms with Crippen molar-refractivity contribution in [1.29, 1.82) is 0 Å². The highest BCUT2D eigenvalue weighted by atomic mass is 16.2. The van der Waals surface area contributed by atoms with Gasteiger partial charge in [-0.2, -0.15) is 0 Å². The second-order valence-corrected chi connectivity index (χ2v) is 8.45. The van der Waals surface area contributed by atoms with E-state index < -0.39 is 0 Å². The van der Waals surface area contributed by atoms with E-state index in [-0.39, 0.29) is 22.9 Å². The largest absolute Gasteiger partial charge is 0.333 e. The minimum atomic E-state index is -0.200. The van der Waals surface area contributed by atoms with Gasteiger partial charge in [0.1, 0.15) is 5.82 Å². The highest BCUT2D eigenvalue weighted by Crippen LogP contribution is 2.28. The molecule has 1 aromatic carbocycles. The van der Waals surface area contributed by atoms with Crippen LogP contribution in [0.5, 0.6) is 0 Å². The van der Waals surface area contributed by atoms with Gasteiger partial charge >= 0.3 is 0 Å². The van der Waals surface area contributed by atoms with Crippen molar-refractivity contribution in [2.45, 2.75) is 66.3 Å². The number of unbranched alkanes of at least 4 members (excludes halogenated alkanes) is 1. The van der Waals surface area contributed by atoms with Gasteiger partial charge in [-0.05, 0) is 30.4 Å². The Hall–Kier alpha value is -2.17. The van der Waals surface area contributed by atoms with E-state index in [0.717, 1.165) is 19.3 Å². The van der Waals surface area contributed by atoms with Crippen molar-refractivity contribution in [3.05, 3.63) is 40.4 Å². The molecule has 0 spiro atoms. The SMILES string of the molecule is CCCCN(C(=O)CC(C)(C)C)C(CC)c1nc2ccccc2c(=O)n1C. The van der Waals surface area contributed by atoms with Crippen LogP contribution in [0.15, 0.2) is 29.1 Å². The molecule has 2 rings (SSSR count). The number of fused-ring (bicyclic) bond motifs is 1. The van der Waals surface area contributed by atoms with Gasteiger partial charge in [0, 0.05) is 20.0 Å². The first-order valence-electron chi connectivity index (χ1n) is 9.94. The predicted molar refractivity (Wildman–Crippen MR) is 111 cm³/mol. The Balaban J connectivity index is 2.53. The van der Waals surface area contributed by atoms with Crippen LogP contribution in [-0.4, -0.2) is 26.9 Å². The summed E-state index contributed by atoms with van der Waals surface area (Å²) in [6.45, 7) is 11.1. The lowest BCUT2D eigenvalue weighted by Gasteiger charge is -2.34. The van der Waals surface area contributed by atoms with E-state index in [9.17, 15) is 9.59 Å². The zero-order valence-electron chi connectivity index (χ0n) is 17.6. The monoisotopic (exact) mass is 371 g/mol. The maximum atomic E-state index is 13.1. The second-order valence-electron chi connectivity index (χ2n) is 8.45. The average Bonchev–Trinajstić information content (AvgIpc) is 2.60. The average molecular weight is 372 g/mol. The number of hydrogen-bond acceptors (Lipinski definition) is 3. The molecule has 0 saturated carbocycles. The molecule has 0 aliphatic heterocycles. The quantitative estimate of drug-likeness (QED) is 0.722. The molecule has 1 atom stereocenters. The first kappa shape index (κ1) is 21.1. The van der Waals surface area contributed by atoms with E-state index in [1.807, 2.05) is 23.1 Å². The molecule has 0 aliphatic carbocycles. The second kappa shape index (κ2) is 8.68. The summed E-state index contributed by atoms with van der Waals surface area (Å²) in [7, 11) is 1.76. The Morgan fingerprint density at radius 2 is 1.89 bits per heavy atom. The fourth-order valence-corrected chi connectivity index (χ4v) is 3.41. The molecule has 0 radical (unpaired) electrons. The number of amides is 1. The molecular weight excluding hydrogens is 338 g/mol. The molecule has 0 saturated heterocycles. The van der Waals surface area contributed by atoms with Crippen LogP contribution in [0.2, 0.25) is 0 Å². The van der Waals surface area contributed by atoms with E-state index in [1.165, 1.54) is 0 Å². The summed E-state index contributed by atoms with van der Waals surface area (Å²) >= 11 is 0. The first-order valence-corrected chi connectivity index (χ1v) is 9.94. The van der Waals surface area contributed by atoms with Crippen LogP contribution in [0, 0.1) is 5.41 Å². The van der Waals surface area contributed by atoms with E-state index in [4.69, 9.17) is 4.98 Å². The third-order valence-corrected chi connectivity index (χ3v) is 4.83. The topological polar surface area (TPSA) is 55.2 Å². The van der Waals surface area contributed by atoms with Gasteiger partial charge < -0.3 is 4.90 Å². The molecule has 2 aromatic rings. The number of benzene rings is 1. The van der Waals surface area contributed by atoms with Crippen LogP contribution in [0.4, 0.5) is 0 Å². The van der Waals surface area contributed by atoms with Crippen LogP contribution in [-0.2, 0) is 11.8 Å². The molecule has 148 valence electrons. The molecule has 0 aliphatic rings. The third kappa shape index (κ3) is 4.96. The predicted octanol–water partition coefficient (Wildman–Crippen LogP) is 4.45. The lowest BCUT2D eigenvalue weighted by Crippen LogP contribution is -2.40. The van der Waals surface area contributed by atoms with Gasteiger partial charge in [0.15, 0.2) is 0 Å². The lowest BCUT2D eigenvalue weighted by atomic mass is 9.91. The van der Waals surface area contributed by atoms with Crippen molar-refractivity contribution in [3.8, 4) is 0 Å². The standard InChI is InChI=1S/C22H33N3O2/c1-7-9-14-25(19(26)15-22(3,4)5)18(8-2)20-23-17-13-11-10-12-16(17)21(27)24(20)6/h10-13,18H,7-9,14-15H2,1-6H3. The third-order valence-electron chi connectivity index (χ3n) is 4.83. The molecule has 1 unspecified atom stereocenters. The van der Waals surface area contributed by atoms with E-state index in [2.05, 4.69) is 34.6 Å². The van der Waals surface area contributed by atoms with Crippen molar-refractivity contribution in [2.75, 3.05) is 6.54 Å². The summed E-state index contributed by atoms with van der Waals surface area (Å²) in [5, 5.41) is 0.611. The molecule has 27 heavy (non-hydrogen) atoms. The zero-order valence-corrected chi connectivity index (χ0v) is 17.6. The van der Waals surface area contributed by atoms with Crippen LogP contribution in [0.3, 0.4) is 0 Å². The Bertz CT molecular complexity index is 849. The fraction of sp³-hybridized carbons (Fsp3) is 0.591. The highest BCUT2D eigenvalue weighted by molar-refractivity contribution is 5.78. The van der Waals surface area contributed by atoms with E-state index in [1.54, 1.807) is 17.7 Å². The summed E-state index contributed by atoms with van der Waals surface area (Å²) in [6.07, 6.45) is 3.15. The maximum absolute atomic E-state index is 13.1. The van der Waals surface area contributed by atoms with Crippen molar-refractivity contribution in [3.63, 3.8) is 0 Å². The van der Waals surface area contributed by atoms with Crippen LogP contribution < -0.4 is 5.56 Å². The highest BCUT2D eigenvalue weighted by Gasteiger charge is 2.29. The van der Waals surface area contributed by atoms with Crippen molar-refractivity contribution < 1.29 is 4.79 Å². The summed E-state index contributed by atoms with van der Waals surface area (Å²) in [5.74, 6) is 0.796. The minimum Gasteiger partial charge on any atom is -0.333 e. The van der Waals surface area contributed by atoms with Gasteiger partial charge in [-0.15, -0.1) is 0 Å². The first-order chi connectivity index (χ1) is 12.7. The zero-order chi connectivity index (χ0) is 20.2. The Morgan fingerprint density at radius 1 is 1.22 bits per heavy atom. The molecule has 0 fully saturated rings. The molecule has 0 bridgehead atoms. The van der Waals surface area contributed by atoms with Crippen molar-refractivity contribution >= 4 is 16.8 Å². The van der Waals surface area contributed by atoms with Crippen LogP contribution in [0.1, 0.15) is 72.2 Å². The minimum absolute atomic E-state index is 0.0623. The summed E-state index contributed by atoms with van der Waals surface area (Å²) in [4.78, 5) is 32.7. The molecule has 0 N–H and O–H groups in total. The number of carbonyl (C=O) groups is 1. The number of aromatic nitrogens is 2. The molecule has 1 amide bonds. The van der Waals surface area contributed by atoms with Gasteiger partial charge in [-0.1, -0.05) is 53.2 Å². The summed E-state index contributed by atoms with van der Waals surface area (Å²) in [6, 6.07) is 7.20. The summed E-state index contributed by atoms with van der Waals surface area (Å²) < 4.78 is 1.61. The Morgan fingerprint density at radius 3 is 2.48 bits per heavy atom. The lowest BCUT2D eigenvalue weighted by molar-refractivity contribution is -0.136. The Kier molecular flexibility index (Phi) is 6.79. The van der Waals surface area contributed by atoms with Crippen LogP contribution in [0.25, 0.3) is 10.9 Å². The fourth-order valence-electron chi connectivity index (χ4n) is 3.41. The number of rotatable bonds is 7. The maximum Gasteiger partial charge on any atom is 0.261 e. The number of carbonyl (C=O) groups excluding carboxylic acids is 1. The van der Waals surface area contributed by atoms with Crippen molar-refractivity contribution in [2.24, 2.45) is 12.5 Å². The number of nitrogens with zero attached hydrogens (tertiary/aromatic N) is 3. The molecule has 5 nitrogen and oxygen atoms in total. The summed E-state index contributed by atoms with van der Waals surface area (Å²) in [5.41, 5.74) is 0.545. The molecule has 1 aromatic heterocycles. The molecular formula is C22H33N3O2. The van der Waals surface area contributed by atoms with Gasteiger partial charge in [-0.3, -0.25) is 14.2 Å². The number of para-hydroxylation sites is 1. The van der Waals surface area contributed by atoms with Gasteiger partial charge in [-0.25, -0.2) is 4.98 Å². The number of hydrogen-bond donors (Lipinski definition) is 0. The van der Waals surface area contributed by atoms with Crippen molar-refractivity contribution in [1.82, 2.24) is 14.5 Å². The van der Waals surface area contributed by atoms with Crippen LogP contribution >= 0.6 is 0 Å². The molecule has 5 heteroatoms. The van der Waals surface area contributed by atoms with Gasteiger partial charge in [0.25, 0.3) is 5.56 Å². The normalized spacial score (nSPS) is 13.0. The van der Waals surface area contributed by atoms with E-state index in [0.29, 0.717) is 29.7 Å². The van der Waals surface area contributed by atoms with E-state index >= 15 is 0 Å². The van der Waals surface area contributed by atoms with Gasteiger partial charge in [0.2, 0.25) is 5.91 Å².